The van der Waals surface area contributed by atoms with Gasteiger partial charge < -0.3 is 4.42 Å². The van der Waals surface area contributed by atoms with Gasteiger partial charge in [0.05, 0.1) is 29.2 Å². The van der Waals surface area contributed by atoms with Gasteiger partial charge in [0.1, 0.15) is 0 Å². The molecule has 3 aliphatic carbocycles. The van der Waals surface area contributed by atoms with Crippen LogP contribution < -0.4 is 10.3 Å². The van der Waals surface area contributed by atoms with E-state index in [2.05, 4.69) is 10.5 Å². The van der Waals surface area contributed by atoms with Gasteiger partial charge in [0, 0.05) is 12.1 Å². The first kappa shape index (κ1) is 22.4. The molecule has 1 saturated heterocycles. The van der Waals surface area contributed by atoms with Crippen LogP contribution in [0.2, 0.25) is 0 Å². The molecule has 2 atom stereocenters. The number of hydrogen-bond donors (Lipinski definition) is 1. The third-order valence-corrected chi connectivity index (χ3v) is 8.16. The Morgan fingerprint density at radius 1 is 0.895 bits per heavy atom. The largest absolute Gasteiger partial charge is 0.459 e. The molecule has 1 N–H and O–H groups in total. The monoisotopic (exact) mass is 501 g/mol. The number of aryl methyl sites for hydroxylation is 1. The highest BCUT2D eigenvalue weighted by Crippen LogP contribution is 2.63. The van der Waals surface area contributed by atoms with Crippen LogP contribution in [0, 0.1) is 18.8 Å². The lowest BCUT2D eigenvalue weighted by atomic mass is 9.47. The van der Waals surface area contributed by atoms with Crippen molar-refractivity contribution < 1.29 is 18.8 Å². The maximum Gasteiger partial charge on any atom is 0.307 e. The van der Waals surface area contributed by atoms with Crippen LogP contribution in [-0.4, -0.2) is 23.9 Å². The number of benzene rings is 3. The molecule has 2 bridgehead atoms. The standard InChI is InChI=1S/C31H23N3O4/c1-18-12-14-19(15-13-18)34-29(36)26-25-20-7-2-4-9-22(20)31(27(26)30(34)37,23-10-5-3-8-21(23)25)17-32-33-28(35)24-11-6-16-38-24/h2-17,25-27H,1H3,(H,33,35)/b32-17+. The molecule has 38 heavy (non-hydrogen) atoms. The summed E-state index contributed by atoms with van der Waals surface area (Å²) < 4.78 is 5.19. The van der Waals surface area contributed by atoms with E-state index in [1.165, 1.54) is 11.2 Å². The van der Waals surface area contributed by atoms with E-state index in [1.54, 1.807) is 18.3 Å². The molecule has 1 aliphatic heterocycles. The van der Waals surface area contributed by atoms with Gasteiger partial charge in [0.2, 0.25) is 11.8 Å². The van der Waals surface area contributed by atoms with E-state index in [4.69, 9.17) is 4.42 Å². The Bertz CT molecular complexity index is 1590. The molecular weight excluding hydrogens is 478 g/mol. The summed E-state index contributed by atoms with van der Waals surface area (Å²) in [5, 5.41) is 4.38. The Balaban J connectivity index is 1.43. The van der Waals surface area contributed by atoms with E-state index < -0.39 is 23.2 Å². The fourth-order valence-electron chi connectivity index (χ4n) is 6.65. The summed E-state index contributed by atoms with van der Waals surface area (Å²) in [7, 11) is 0. The maximum absolute atomic E-state index is 14.3. The number of rotatable bonds is 4. The number of anilines is 1. The molecule has 186 valence electrons. The number of hydrazone groups is 1. The zero-order valence-electron chi connectivity index (χ0n) is 20.5. The van der Waals surface area contributed by atoms with Crippen molar-refractivity contribution in [2.45, 2.75) is 18.3 Å². The third-order valence-electron chi connectivity index (χ3n) is 8.16. The van der Waals surface area contributed by atoms with Gasteiger partial charge in [0.15, 0.2) is 5.76 Å². The minimum atomic E-state index is -1.05. The predicted octanol–water partition coefficient (Wildman–Crippen LogP) is 4.55. The molecule has 1 fully saturated rings. The average molecular weight is 502 g/mol. The van der Waals surface area contributed by atoms with Crippen molar-refractivity contribution in [3.63, 3.8) is 0 Å². The minimum Gasteiger partial charge on any atom is -0.459 e. The molecule has 4 aliphatic rings. The van der Waals surface area contributed by atoms with E-state index in [-0.39, 0.29) is 23.5 Å². The summed E-state index contributed by atoms with van der Waals surface area (Å²) >= 11 is 0. The van der Waals surface area contributed by atoms with Crippen molar-refractivity contribution in [2.75, 3.05) is 4.90 Å². The lowest BCUT2D eigenvalue weighted by molar-refractivity contribution is -0.122. The summed E-state index contributed by atoms with van der Waals surface area (Å²) in [4.78, 5) is 42.3. The van der Waals surface area contributed by atoms with E-state index in [0.717, 1.165) is 27.8 Å². The topological polar surface area (TPSA) is 92.0 Å². The normalized spacial score (nSPS) is 24.9. The number of imide groups is 1. The van der Waals surface area contributed by atoms with Crippen LogP contribution in [0.25, 0.3) is 0 Å². The van der Waals surface area contributed by atoms with Gasteiger partial charge in [-0.2, -0.15) is 5.10 Å². The molecule has 4 aromatic rings. The number of amides is 3. The molecule has 0 radical (unpaired) electrons. The van der Waals surface area contributed by atoms with Gasteiger partial charge in [0.25, 0.3) is 0 Å². The average Bonchev–Trinajstić information content (AvgIpc) is 3.57. The number of carbonyl (C=O) groups excluding carboxylic acids is 3. The van der Waals surface area contributed by atoms with Gasteiger partial charge >= 0.3 is 5.91 Å². The van der Waals surface area contributed by atoms with Crippen molar-refractivity contribution >= 4 is 29.6 Å². The van der Waals surface area contributed by atoms with Crippen LogP contribution in [0.3, 0.4) is 0 Å². The quantitative estimate of drug-likeness (QED) is 0.252. The second-order valence-electron chi connectivity index (χ2n) is 10.0. The van der Waals surface area contributed by atoms with Crippen LogP contribution in [0.5, 0.6) is 0 Å². The second-order valence-corrected chi connectivity index (χ2v) is 10.0. The molecule has 8 rings (SSSR count). The van der Waals surface area contributed by atoms with Crippen molar-refractivity contribution in [1.29, 1.82) is 0 Å². The van der Waals surface area contributed by atoms with Crippen molar-refractivity contribution in [2.24, 2.45) is 16.9 Å². The lowest BCUT2D eigenvalue weighted by Crippen LogP contribution is -2.54. The second kappa shape index (κ2) is 8.11. The highest BCUT2D eigenvalue weighted by atomic mass is 16.3. The molecule has 2 unspecified atom stereocenters. The van der Waals surface area contributed by atoms with Crippen molar-refractivity contribution in [3.8, 4) is 0 Å². The first-order chi connectivity index (χ1) is 18.5. The molecule has 3 amide bonds. The van der Waals surface area contributed by atoms with E-state index in [1.807, 2.05) is 79.7 Å². The Labute approximate surface area is 218 Å². The molecule has 2 heterocycles. The van der Waals surface area contributed by atoms with Crippen LogP contribution in [0.1, 0.15) is 44.3 Å². The molecular formula is C31H23N3O4. The SMILES string of the molecule is Cc1ccc(N2C(=O)C3C4c5ccccc5C(/C=N/NC(=O)c5ccco5)(c5ccccc54)C3C2=O)cc1. The Morgan fingerprint density at radius 2 is 1.55 bits per heavy atom. The summed E-state index contributed by atoms with van der Waals surface area (Å²) in [5.74, 6) is -2.41. The number of carbonyl (C=O) groups is 3. The highest BCUT2D eigenvalue weighted by molar-refractivity contribution is 6.25. The van der Waals surface area contributed by atoms with E-state index >= 15 is 0 Å². The van der Waals surface area contributed by atoms with Crippen LogP contribution >= 0.6 is 0 Å². The van der Waals surface area contributed by atoms with Crippen LogP contribution in [0.15, 0.2) is 101 Å². The summed E-state index contributed by atoms with van der Waals surface area (Å²) in [5.41, 5.74) is 6.96. The van der Waals surface area contributed by atoms with Gasteiger partial charge in [-0.1, -0.05) is 66.2 Å². The van der Waals surface area contributed by atoms with Crippen LogP contribution in [0.4, 0.5) is 5.69 Å². The fourth-order valence-corrected chi connectivity index (χ4v) is 6.65. The molecule has 1 aromatic heterocycles. The molecule has 0 spiro atoms. The minimum absolute atomic E-state index is 0.128. The first-order valence-corrected chi connectivity index (χ1v) is 12.5. The highest BCUT2D eigenvalue weighted by Gasteiger charge is 2.68. The van der Waals surface area contributed by atoms with E-state index in [0.29, 0.717) is 5.69 Å². The lowest BCUT2D eigenvalue weighted by Gasteiger charge is -2.52. The number of hydrogen-bond acceptors (Lipinski definition) is 5. The Hall–Kier alpha value is -4.78. The first-order valence-electron chi connectivity index (χ1n) is 12.5. The van der Waals surface area contributed by atoms with Gasteiger partial charge in [-0.05, 0) is 53.4 Å². The Morgan fingerprint density at radius 3 is 2.18 bits per heavy atom. The fraction of sp³-hybridized carbons (Fsp3) is 0.161. The van der Waals surface area contributed by atoms with Crippen molar-refractivity contribution in [3.05, 3.63) is 125 Å². The molecule has 7 nitrogen and oxygen atoms in total. The molecule has 0 saturated carbocycles. The number of furan rings is 1. The van der Waals surface area contributed by atoms with Crippen LogP contribution in [-0.2, 0) is 15.0 Å². The predicted molar refractivity (Wildman–Crippen MR) is 141 cm³/mol. The van der Waals surface area contributed by atoms with Gasteiger partial charge in [-0.15, -0.1) is 0 Å². The van der Waals surface area contributed by atoms with Gasteiger partial charge in [-0.25, -0.2) is 10.3 Å². The molecule has 3 aromatic carbocycles. The summed E-state index contributed by atoms with van der Waals surface area (Å²) in [6, 6.07) is 26.5. The Kier molecular flexibility index (Phi) is 4.79. The summed E-state index contributed by atoms with van der Waals surface area (Å²) in [6.45, 7) is 1.97. The molecule has 7 heteroatoms. The summed E-state index contributed by atoms with van der Waals surface area (Å²) in [6.07, 6.45) is 3.06. The maximum atomic E-state index is 14.3. The zero-order valence-corrected chi connectivity index (χ0v) is 20.5. The number of nitrogens with one attached hydrogen (secondary N) is 1. The number of nitrogens with zero attached hydrogens (tertiary/aromatic N) is 2. The van der Waals surface area contributed by atoms with E-state index in [9.17, 15) is 14.4 Å². The smallest absolute Gasteiger partial charge is 0.307 e. The van der Waals surface area contributed by atoms with Crippen molar-refractivity contribution in [1.82, 2.24) is 5.43 Å². The van der Waals surface area contributed by atoms with Gasteiger partial charge in [-0.3, -0.25) is 14.4 Å². The zero-order chi connectivity index (χ0) is 26.0. The third kappa shape index (κ3) is 2.90.